The molecule has 8 heterocycles. The van der Waals surface area contributed by atoms with Gasteiger partial charge in [-0.1, -0.05) is 38.5 Å². The summed E-state index contributed by atoms with van der Waals surface area (Å²) in [6.07, 6.45) is 18.0. The average Bonchev–Trinajstić information content (AvgIpc) is 1.80. The predicted molar refractivity (Wildman–Crippen MR) is 374 cm³/mol. The second-order valence-corrected chi connectivity index (χ2v) is 44.7. The zero-order valence-corrected chi connectivity index (χ0v) is 59.3. The number of amides is 4. The fourth-order valence-corrected chi connectivity index (χ4v) is 14.4. The zero-order chi connectivity index (χ0) is 68.7. The van der Waals surface area contributed by atoms with Crippen LogP contribution in [0.1, 0.15) is 32.6 Å². The molecule has 0 aliphatic carbocycles. The summed E-state index contributed by atoms with van der Waals surface area (Å²) in [4.78, 5) is 52.4. The summed E-state index contributed by atoms with van der Waals surface area (Å²) < 4.78 is 23.7. The van der Waals surface area contributed by atoms with Crippen LogP contribution in [-0.2, 0) is 38.1 Å². The number of nitrogens with two attached hydrogens (primary N) is 1. The average molecular weight is 1470 g/mol. The molecule has 8 rings (SSSR count). The SMILES string of the molecule is C=C1NC(=O)C(/C=C/CN)=CN1[C@@H]1O[C@H](CCP(=C)(C)C)[C@@H](O)[C@H]1O.C=C1NC(=O)C(C)=CN1[C@@H]1O[C@H](CCP(=C)(C)C)[C@@H](O)[C@H]1O.C=C1NC(=O)C(I)=CN1[C@@H]1O[C@H](CCP(=C)(C)C)[C@@H](O)[C@H]1O.C=C1NC(=O)C(O)=CN1[C@@H]1O[C@H](CCP(=C)(C)C)[C@@H](O)[C@H]1O. The Labute approximate surface area is 548 Å². The Bertz CT molecular complexity index is 2880. The van der Waals surface area contributed by atoms with Gasteiger partial charge in [0.2, 0.25) is 0 Å². The van der Waals surface area contributed by atoms with Crippen LogP contribution in [0.2, 0.25) is 0 Å². The first-order valence-corrected chi connectivity index (χ1v) is 42.7. The van der Waals surface area contributed by atoms with Gasteiger partial charge in [-0.05, 0) is 133 Å². The Hall–Kier alpha value is -4.05. The number of ether oxygens (including phenoxy) is 4. The van der Waals surface area contributed by atoms with Gasteiger partial charge in [0.15, 0.2) is 30.7 Å². The normalized spacial score (nSPS) is 32.3. The molecule has 8 aliphatic heterocycles. The molecule has 512 valence electrons. The monoisotopic (exact) mass is 1470 g/mol. The summed E-state index contributed by atoms with van der Waals surface area (Å²) in [7, 11) is 0. The molecule has 15 N–H and O–H groups in total. The third kappa shape index (κ3) is 21.5. The first-order chi connectivity index (χ1) is 41.9. The molecule has 0 bridgehead atoms. The largest absolute Gasteiger partial charge is 0.502 e. The molecule has 4 fully saturated rings. The van der Waals surface area contributed by atoms with E-state index < -0.39 is 137 Å². The first kappa shape index (κ1) is 77.7. The molecule has 0 aromatic carbocycles. The molecule has 16 atom stereocenters. The number of nitrogens with zero attached hydrogens (tertiary/aromatic N) is 4. The molecule has 0 aromatic heterocycles. The van der Waals surface area contributed by atoms with Crippen LogP contribution in [0.15, 0.2) is 107 Å². The van der Waals surface area contributed by atoms with Crippen LogP contribution in [-0.4, -0.2) is 297 Å². The molecule has 0 radical (unpaired) electrons. The van der Waals surface area contributed by atoms with Gasteiger partial charge in [0, 0.05) is 30.7 Å². The van der Waals surface area contributed by atoms with Gasteiger partial charge in [-0.25, -0.2) is 0 Å². The zero-order valence-electron chi connectivity index (χ0n) is 53.5. The molecule has 31 heteroatoms. The Morgan fingerprint density at radius 2 is 0.758 bits per heavy atom. The van der Waals surface area contributed by atoms with Crippen molar-refractivity contribution in [2.24, 2.45) is 5.73 Å². The number of aliphatic hydroxyl groups is 9. The van der Waals surface area contributed by atoms with E-state index in [-0.39, 0.29) is 29.4 Å². The van der Waals surface area contributed by atoms with Gasteiger partial charge in [0.25, 0.3) is 23.6 Å². The highest BCUT2D eigenvalue weighted by Crippen LogP contribution is 2.43. The number of carbonyl (C=O) groups excluding carboxylic acids is 4. The fourth-order valence-electron chi connectivity index (χ4n) is 10.2. The van der Waals surface area contributed by atoms with Crippen LogP contribution in [0.25, 0.3) is 0 Å². The van der Waals surface area contributed by atoms with E-state index in [9.17, 15) is 65.1 Å². The summed E-state index contributed by atoms with van der Waals surface area (Å²) in [6.45, 7) is 28.9. The topological polar surface area (TPSA) is 374 Å². The minimum absolute atomic E-state index is 0.171. The highest BCUT2D eigenvalue weighted by Gasteiger charge is 2.50. The van der Waals surface area contributed by atoms with Gasteiger partial charge < -0.3 is 112 Å². The van der Waals surface area contributed by atoms with Gasteiger partial charge in [-0.2, -0.15) is 0 Å². The molecule has 0 unspecified atom stereocenters. The third-order valence-corrected chi connectivity index (χ3v) is 22.1. The van der Waals surface area contributed by atoms with Crippen molar-refractivity contribution in [1.29, 1.82) is 0 Å². The third-order valence-electron chi connectivity index (χ3n) is 15.4. The van der Waals surface area contributed by atoms with Crippen LogP contribution in [0.4, 0.5) is 0 Å². The van der Waals surface area contributed by atoms with Crippen molar-refractivity contribution in [1.82, 2.24) is 40.9 Å². The van der Waals surface area contributed by atoms with E-state index in [0.29, 0.717) is 58.6 Å². The maximum absolute atomic E-state index is 12.0. The maximum Gasteiger partial charge on any atom is 0.293 e. The van der Waals surface area contributed by atoms with Gasteiger partial charge in [-0.3, -0.25) is 19.2 Å². The first-order valence-electron chi connectivity index (χ1n) is 29.4. The van der Waals surface area contributed by atoms with E-state index in [1.807, 2.05) is 22.6 Å². The standard InChI is InChI=1S/C17H28N3O4P.C15H25N2O4P.C14H22IN2O4P.C14H23N2O5P/c1-11-19-16(23)12(6-5-8-18)10-20(11)17-15(22)14(21)13(24-17)7-9-25(2,3)4;1-9-8-17(10(2)16-14(9)20)15-13(19)12(18)11(21-15)6-7-22(3,4)5;1-8-16-13(20)9(15)7-17(8)14-12(19)11(18)10(21-14)5-6-22(2,3)4;1-8-15-13(20)9(17)7-16(8)14-12(19)11(18)10(21-14)5-6-22(2,3)4/h5-6,10,13-15,17,21-22H,1-2,7-9,18H2,3-4H3,(H,19,23);8,11-13,15,18-19H,2-3,6-7H2,1,4-5H3,(H,16,20);7,10-12,14,18-19H,1-2,5-6H2,3-4H3,(H,16,20);7,10-12,14,17-19H,1-2,5-6H2,3-4H3,(H,15,20)/b6-5+;;;/t13-,14-,15-,17-;11-,12-,13-,15-;2*10-,11-,12-,14-/m1111/s1. The predicted octanol–water partition coefficient (Wildman–Crippen LogP) is 0.720. The number of hydrogen-bond acceptors (Lipinski definition) is 22. The van der Waals surface area contributed by atoms with Crippen LogP contribution < -0.4 is 27.0 Å². The minimum Gasteiger partial charge on any atom is -0.502 e. The number of halogens is 1. The maximum atomic E-state index is 12.0. The van der Waals surface area contributed by atoms with Crippen molar-refractivity contribution in [2.75, 3.05) is 84.5 Å². The molecule has 4 saturated heterocycles. The summed E-state index contributed by atoms with van der Waals surface area (Å²) in [5.41, 5.74) is 6.29. The lowest BCUT2D eigenvalue weighted by Gasteiger charge is -2.34. The molecular weight excluding hydrogens is 1370 g/mol. The molecule has 8 aliphatic rings. The smallest absolute Gasteiger partial charge is 0.293 e. The van der Waals surface area contributed by atoms with E-state index in [1.165, 1.54) is 9.80 Å². The molecule has 0 aromatic rings. The molecule has 26 nitrogen and oxygen atoms in total. The van der Waals surface area contributed by atoms with E-state index in [0.717, 1.165) is 30.8 Å². The summed E-state index contributed by atoms with van der Waals surface area (Å²) in [5, 5.41) is 102. The van der Waals surface area contributed by atoms with E-state index >= 15 is 0 Å². The molecule has 0 saturated carbocycles. The van der Waals surface area contributed by atoms with E-state index in [1.54, 1.807) is 47.5 Å². The fraction of sp³-hybridized carbons (Fsp3) is 0.567. The molecule has 0 spiro atoms. The Morgan fingerprint density at radius 1 is 0.473 bits per heavy atom. The quantitative estimate of drug-likeness (QED) is 0.0664. The number of aliphatic hydroxyl groups excluding tert-OH is 9. The number of carbonyl (C=O) groups is 4. The lowest BCUT2D eigenvalue weighted by Crippen LogP contribution is -2.47. The molecular formula is C60H98IN9O17P4. The second kappa shape index (κ2) is 32.1. The van der Waals surface area contributed by atoms with Crippen LogP contribution in [0.5, 0.6) is 0 Å². The summed E-state index contributed by atoms with van der Waals surface area (Å²) in [6, 6.07) is 0. The second-order valence-electron chi connectivity index (χ2n) is 26.2. The Morgan fingerprint density at radius 3 is 1.09 bits per heavy atom. The number of nitrogens with one attached hydrogen (secondary N) is 4. The highest BCUT2D eigenvalue weighted by molar-refractivity contribution is 14.1. The van der Waals surface area contributed by atoms with Gasteiger partial charge in [-0.15, -0.1) is 52.7 Å². The molecule has 91 heavy (non-hydrogen) atoms. The van der Waals surface area contributed by atoms with Crippen molar-refractivity contribution >= 4 is 99.0 Å². The number of hydrogen-bond donors (Lipinski definition) is 14. The van der Waals surface area contributed by atoms with E-state index in [4.69, 9.17) is 24.7 Å². The number of rotatable bonds is 18. The van der Waals surface area contributed by atoms with Gasteiger partial charge >= 0.3 is 0 Å². The van der Waals surface area contributed by atoms with Gasteiger partial charge in [0.05, 0.1) is 39.8 Å². The van der Waals surface area contributed by atoms with Crippen molar-refractivity contribution in [3.63, 3.8) is 0 Å². The Kier molecular flexibility index (Phi) is 27.4. The minimum atomic E-state index is -1.26. The van der Waals surface area contributed by atoms with E-state index in [2.05, 4.69) is 126 Å². The lowest BCUT2D eigenvalue weighted by molar-refractivity contribution is -0.122. The highest BCUT2D eigenvalue weighted by atomic mass is 127. The van der Waals surface area contributed by atoms with Crippen molar-refractivity contribution in [3.05, 3.63) is 107 Å². The van der Waals surface area contributed by atoms with Crippen molar-refractivity contribution in [2.45, 2.75) is 131 Å². The summed E-state index contributed by atoms with van der Waals surface area (Å²) >= 11 is 1.90. The van der Waals surface area contributed by atoms with Crippen LogP contribution >= 0.6 is 50.1 Å². The van der Waals surface area contributed by atoms with Crippen LogP contribution in [0, 0.1) is 0 Å². The Balaban J connectivity index is 0.000000221. The van der Waals surface area contributed by atoms with Crippen LogP contribution in [0.3, 0.4) is 0 Å². The lowest BCUT2D eigenvalue weighted by atomic mass is 10.1. The van der Waals surface area contributed by atoms with Crippen molar-refractivity contribution in [3.8, 4) is 0 Å². The molecule has 4 amide bonds. The van der Waals surface area contributed by atoms with Gasteiger partial charge in [0.1, 0.15) is 72.1 Å². The van der Waals surface area contributed by atoms with Crippen molar-refractivity contribution < 1.29 is 84.1 Å². The summed E-state index contributed by atoms with van der Waals surface area (Å²) in [5.74, 6) is -0.838.